The van der Waals surface area contributed by atoms with Gasteiger partial charge in [0.1, 0.15) is 0 Å². The Morgan fingerprint density at radius 2 is 2.05 bits per heavy atom. The van der Waals surface area contributed by atoms with E-state index in [1.54, 1.807) is 0 Å². The molecule has 21 heavy (non-hydrogen) atoms. The van der Waals surface area contributed by atoms with Crippen LogP contribution >= 0.6 is 0 Å². The highest BCUT2D eigenvalue weighted by atomic mass is 16.5. The first-order chi connectivity index (χ1) is 10.0. The summed E-state index contributed by atoms with van der Waals surface area (Å²) >= 11 is 0. The average Bonchev–Trinajstić information content (AvgIpc) is 2.92. The molecule has 0 saturated carbocycles. The second-order valence-electron chi connectivity index (χ2n) is 6.30. The number of hydrogen-bond donors (Lipinski definition) is 1. The van der Waals surface area contributed by atoms with Gasteiger partial charge in [-0.25, -0.2) is 0 Å². The molecule has 2 heterocycles. The van der Waals surface area contributed by atoms with Crippen molar-refractivity contribution in [3.63, 3.8) is 0 Å². The van der Waals surface area contributed by atoms with E-state index < -0.39 is 0 Å². The molecule has 4 nitrogen and oxygen atoms in total. The van der Waals surface area contributed by atoms with Crippen molar-refractivity contribution >= 4 is 11.5 Å². The lowest BCUT2D eigenvalue weighted by Gasteiger charge is -2.38. The van der Waals surface area contributed by atoms with Crippen LogP contribution in [0.3, 0.4) is 0 Å². The number of ketones is 1. The number of carbonyl (C=O) groups is 1. The van der Waals surface area contributed by atoms with Gasteiger partial charge in [-0.3, -0.25) is 9.69 Å². The number of nitrogens with one attached hydrogen (secondary N) is 1. The highest BCUT2D eigenvalue weighted by Gasteiger charge is 2.30. The van der Waals surface area contributed by atoms with Crippen molar-refractivity contribution in [2.75, 3.05) is 25.0 Å². The number of carbonyl (C=O) groups excluding carboxylic acids is 1. The van der Waals surface area contributed by atoms with Crippen molar-refractivity contribution < 1.29 is 9.53 Å². The number of ether oxygens (including phenoxy) is 1. The molecule has 1 saturated heterocycles. The summed E-state index contributed by atoms with van der Waals surface area (Å²) in [4.78, 5) is 15.0. The predicted molar refractivity (Wildman–Crippen MR) is 84.0 cm³/mol. The highest BCUT2D eigenvalue weighted by Crippen LogP contribution is 2.24. The lowest BCUT2D eigenvalue weighted by Crippen LogP contribution is -2.51. The zero-order valence-corrected chi connectivity index (χ0v) is 13.1. The maximum Gasteiger partial charge on any atom is 0.179 e. The molecule has 1 aromatic rings. The number of Topliss-reactive ketones (excluding diaryl/α,β-unsaturated/α-hetero) is 1. The van der Waals surface area contributed by atoms with Gasteiger partial charge in [0.15, 0.2) is 5.78 Å². The number of fused-ring (bicyclic) bond motifs is 1. The summed E-state index contributed by atoms with van der Waals surface area (Å²) < 4.78 is 5.75. The molecule has 4 heteroatoms. The van der Waals surface area contributed by atoms with Crippen molar-refractivity contribution in [1.29, 1.82) is 0 Å². The molecule has 0 spiro atoms. The molecule has 3 unspecified atom stereocenters. The van der Waals surface area contributed by atoms with Crippen LogP contribution in [0.25, 0.3) is 0 Å². The fourth-order valence-corrected chi connectivity index (χ4v) is 3.40. The second-order valence-corrected chi connectivity index (χ2v) is 6.30. The summed E-state index contributed by atoms with van der Waals surface area (Å²) in [6, 6.07) is 5.95. The summed E-state index contributed by atoms with van der Waals surface area (Å²) in [6.45, 7) is 8.77. The topological polar surface area (TPSA) is 41.6 Å². The van der Waals surface area contributed by atoms with Gasteiger partial charge in [0.05, 0.1) is 18.2 Å². The molecule has 3 rings (SSSR count). The Labute approximate surface area is 126 Å². The minimum atomic E-state index is -0.0915. The normalized spacial score (nSPS) is 27.0. The van der Waals surface area contributed by atoms with Crippen molar-refractivity contribution in [2.24, 2.45) is 0 Å². The second kappa shape index (κ2) is 5.78. The van der Waals surface area contributed by atoms with Gasteiger partial charge in [-0.15, -0.1) is 0 Å². The number of anilines is 1. The van der Waals surface area contributed by atoms with Crippen molar-refractivity contribution in [3.05, 3.63) is 29.3 Å². The molecule has 3 atom stereocenters. The molecule has 2 aliphatic rings. The quantitative estimate of drug-likeness (QED) is 0.867. The van der Waals surface area contributed by atoms with Gasteiger partial charge in [0.2, 0.25) is 0 Å². The maximum atomic E-state index is 12.8. The first-order valence-electron chi connectivity index (χ1n) is 7.85. The Bertz CT molecular complexity index is 534. The van der Waals surface area contributed by atoms with Crippen molar-refractivity contribution in [1.82, 2.24) is 4.90 Å². The molecular weight excluding hydrogens is 264 g/mol. The van der Waals surface area contributed by atoms with E-state index in [4.69, 9.17) is 4.74 Å². The molecule has 0 amide bonds. The zero-order chi connectivity index (χ0) is 15.0. The van der Waals surface area contributed by atoms with Crippen LogP contribution in [0.2, 0.25) is 0 Å². The molecule has 0 radical (unpaired) electrons. The predicted octanol–water partition coefficient (Wildman–Crippen LogP) is 2.33. The van der Waals surface area contributed by atoms with Gasteiger partial charge in [0, 0.05) is 30.9 Å². The Kier molecular flexibility index (Phi) is 4.00. The van der Waals surface area contributed by atoms with E-state index >= 15 is 0 Å². The zero-order valence-electron chi connectivity index (χ0n) is 13.1. The third-order valence-corrected chi connectivity index (χ3v) is 4.47. The monoisotopic (exact) mass is 288 g/mol. The van der Waals surface area contributed by atoms with E-state index in [1.807, 2.05) is 19.1 Å². The largest absolute Gasteiger partial charge is 0.384 e. The van der Waals surface area contributed by atoms with E-state index in [1.165, 1.54) is 11.3 Å². The molecule has 114 valence electrons. The Hall–Kier alpha value is -1.39. The fraction of sp³-hybridized carbons (Fsp3) is 0.588. The third-order valence-electron chi connectivity index (χ3n) is 4.47. The molecule has 0 aromatic heterocycles. The van der Waals surface area contributed by atoms with Crippen LogP contribution in [0, 0.1) is 0 Å². The van der Waals surface area contributed by atoms with E-state index in [-0.39, 0.29) is 24.0 Å². The number of hydrogen-bond acceptors (Lipinski definition) is 4. The van der Waals surface area contributed by atoms with E-state index in [9.17, 15) is 4.79 Å². The summed E-state index contributed by atoms with van der Waals surface area (Å²) in [5, 5.41) is 3.33. The third kappa shape index (κ3) is 2.97. The molecule has 0 bridgehead atoms. The molecule has 1 fully saturated rings. The van der Waals surface area contributed by atoms with Crippen LogP contribution in [-0.4, -0.2) is 48.6 Å². The molecule has 1 aromatic carbocycles. The van der Waals surface area contributed by atoms with Gasteiger partial charge in [-0.2, -0.15) is 0 Å². The summed E-state index contributed by atoms with van der Waals surface area (Å²) in [5.41, 5.74) is 3.27. The molecule has 1 N–H and O–H groups in total. The molecule has 0 aliphatic carbocycles. The van der Waals surface area contributed by atoms with Gasteiger partial charge >= 0.3 is 0 Å². The van der Waals surface area contributed by atoms with Crippen LogP contribution in [0.15, 0.2) is 18.2 Å². The number of morpholine rings is 1. The first-order valence-corrected chi connectivity index (χ1v) is 7.85. The van der Waals surface area contributed by atoms with Gasteiger partial charge in [-0.05, 0) is 51.0 Å². The van der Waals surface area contributed by atoms with Gasteiger partial charge < -0.3 is 10.1 Å². The summed E-state index contributed by atoms with van der Waals surface area (Å²) in [6.07, 6.45) is 1.39. The fourth-order valence-electron chi connectivity index (χ4n) is 3.40. The van der Waals surface area contributed by atoms with Gasteiger partial charge in [0.25, 0.3) is 0 Å². The highest BCUT2D eigenvalue weighted by molar-refractivity contribution is 6.00. The molecule has 2 aliphatic heterocycles. The van der Waals surface area contributed by atoms with E-state index in [2.05, 4.69) is 30.1 Å². The Morgan fingerprint density at radius 1 is 1.33 bits per heavy atom. The molecular formula is C17H24N2O2. The Balaban J connectivity index is 1.75. The van der Waals surface area contributed by atoms with Gasteiger partial charge in [-0.1, -0.05) is 0 Å². The summed E-state index contributed by atoms with van der Waals surface area (Å²) in [7, 11) is 0. The minimum absolute atomic E-state index is 0.0915. The lowest BCUT2D eigenvalue weighted by molar-refractivity contribution is -0.0744. The van der Waals surface area contributed by atoms with Crippen LogP contribution in [0.4, 0.5) is 5.69 Å². The number of nitrogens with zero attached hydrogens (tertiary/aromatic N) is 1. The maximum absolute atomic E-state index is 12.8. The smallest absolute Gasteiger partial charge is 0.179 e. The van der Waals surface area contributed by atoms with Crippen LogP contribution in [-0.2, 0) is 11.2 Å². The summed E-state index contributed by atoms with van der Waals surface area (Å²) in [5.74, 6) is 0.214. The standard InChI is InChI=1S/C17H24N2O2/c1-11-9-19(10-12(2)21-11)13(3)17(20)15-4-5-16-14(8-15)6-7-18-16/h4-5,8,11-13,18H,6-7,9-10H2,1-3H3. The lowest BCUT2D eigenvalue weighted by atomic mass is 10.00. The Morgan fingerprint density at radius 3 is 2.76 bits per heavy atom. The van der Waals surface area contributed by atoms with E-state index in [0.717, 1.165) is 31.6 Å². The minimum Gasteiger partial charge on any atom is -0.384 e. The number of benzene rings is 1. The van der Waals surface area contributed by atoms with Crippen LogP contribution in [0.1, 0.15) is 36.7 Å². The SMILES string of the molecule is CC1CN(C(C)C(=O)c2ccc3c(c2)CCN3)CC(C)O1. The average molecular weight is 288 g/mol. The number of rotatable bonds is 3. The van der Waals surface area contributed by atoms with Crippen molar-refractivity contribution in [2.45, 2.75) is 45.4 Å². The van der Waals surface area contributed by atoms with Crippen molar-refractivity contribution in [3.8, 4) is 0 Å². The first kappa shape index (κ1) is 14.5. The van der Waals surface area contributed by atoms with E-state index in [0.29, 0.717) is 0 Å². The van der Waals surface area contributed by atoms with Crippen LogP contribution in [0.5, 0.6) is 0 Å². The van der Waals surface area contributed by atoms with Crippen LogP contribution < -0.4 is 5.32 Å².